The van der Waals surface area contributed by atoms with E-state index >= 15 is 0 Å². The third kappa shape index (κ3) is 3.59. The number of aromatic nitrogens is 1. The molecule has 30 heavy (non-hydrogen) atoms. The van der Waals surface area contributed by atoms with E-state index in [9.17, 15) is 9.59 Å². The predicted octanol–water partition coefficient (Wildman–Crippen LogP) is 4.92. The first-order valence-corrected chi connectivity index (χ1v) is 10.2. The van der Waals surface area contributed by atoms with Crippen LogP contribution in [0.25, 0.3) is 0 Å². The summed E-state index contributed by atoms with van der Waals surface area (Å²) in [7, 11) is 0. The zero-order valence-electron chi connectivity index (χ0n) is 17.4. The summed E-state index contributed by atoms with van der Waals surface area (Å²) >= 11 is 0. The Kier molecular flexibility index (Phi) is 5.36. The summed E-state index contributed by atoms with van der Waals surface area (Å²) in [6, 6.07) is 22.8. The van der Waals surface area contributed by atoms with Gasteiger partial charge in [-0.3, -0.25) is 9.59 Å². The van der Waals surface area contributed by atoms with Crippen LogP contribution in [0.2, 0.25) is 0 Å². The zero-order valence-corrected chi connectivity index (χ0v) is 17.4. The predicted molar refractivity (Wildman–Crippen MR) is 119 cm³/mol. The molecule has 5 nitrogen and oxygen atoms in total. The number of carbonyl (C=O) groups excluding carboxylic acids is 2. The number of nitrogens with zero attached hydrogens (tertiary/aromatic N) is 3. The molecule has 2 heterocycles. The monoisotopic (exact) mass is 399 g/mol. The smallest absolute Gasteiger partial charge is 0.277 e. The van der Waals surface area contributed by atoms with Crippen LogP contribution in [-0.2, 0) is 4.79 Å². The van der Waals surface area contributed by atoms with Crippen molar-refractivity contribution in [3.8, 4) is 0 Å². The molecule has 2 atom stereocenters. The summed E-state index contributed by atoms with van der Waals surface area (Å²) in [5.41, 5.74) is 3.90. The summed E-state index contributed by atoms with van der Waals surface area (Å²) in [5.74, 6) is -0.139. The molecular weight excluding hydrogens is 374 g/mol. The largest absolute Gasteiger partial charge is 0.305 e. The van der Waals surface area contributed by atoms with Crippen LogP contribution in [0.3, 0.4) is 0 Å². The number of carbonyl (C=O) groups is 2. The number of pyridine rings is 1. The molecule has 1 aromatic heterocycles. The minimum absolute atomic E-state index is 0.0201. The Bertz CT molecular complexity index is 1080. The molecule has 2 aromatic carbocycles. The van der Waals surface area contributed by atoms with E-state index in [1.54, 1.807) is 13.0 Å². The van der Waals surface area contributed by atoms with Gasteiger partial charge in [0.1, 0.15) is 5.69 Å². The fourth-order valence-corrected chi connectivity index (χ4v) is 4.29. The van der Waals surface area contributed by atoms with Gasteiger partial charge in [-0.2, -0.15) is 0 Å². The quantitative estimate of drug-likeness (QED) is 0.628. The molecule has 152 valence electrons. The molecule has 0 radical (unpaired) electrons. The van der Waals surface area contributed by atoms with E-state index in [1.165, 1.54) is 0 Å². The van der Waals surface area contributed by atoms with E-state index < -0.39 is 0 Å². The normalized spacial score (nSPS) is 17.9. The van der Waals surface area contributed by atoms with E-state index in [4.69, 9.17) is 0 Å². The van der Waals surface area contributed by atoms with Gasteiger partial charge in [-0.15, -0.1) is 0 Å². The van der Waals surface area contributed by atoms with Gasteiger partial charge < -0.3 is 9.80 Å². The topological polar surface area (TPSA) is 53.5 Å². The number of anilines is 2. The van der Waals surface area contributed by atoms with Crippen molar-refractivity contribution in [2.24, 2.45) is 0 Å². The van der Waals surface area contributed by atoms with Crippen molar-refractivity contribution in [1.82, 2.24) is 4.98 Å². The third-order valence-electron chi connectivity index (χ3n) is 5.57. The number of hydrogen-bond donors (Lipinski definition) is 0. The first kappa shape index (κ1) is 19.8. The van der Waals surface area contributed by atoms with E-state index in [2.05, 4.69) is 4.98 Å². The molecule has 0 bridgehead atoms. The van der Waals surface area contributed by atoms with Crippen molar-refractivity contribution in [2.45, 2.75) is 39.3 Å². The summed E-state index contributed by atoms with van der Waals surface area (Å²) in [6.07, 6.45) is 0.642. The lowest BCUT2D eigenvalue weighted by molar-refractivity contribution is -0.117. The van der Waals surface area contributed by atoms with Crippen LogP contribution in [0.1, 0.15) is 48.1 Å². The van der Waals surface area contributed by atoms with Crippen molar-refractivity contribution in [3.63, 3.8) is 0 Å². The second-order valence-electron chi connectivity index (χ2n) is 7.72. The number of benzene rings is 2. The number of rotatable bonds is 3. The standard InChI is InChI=1S/C25H25N3O2/c1-17-10-9-14-22(26-17)25(30)27-18(2)16-24(21-13-7-8-15-23(21)27)28(19(3)29)20-11-5-4-6-12-20/h4-15,18,24H,16H2,1-3H3/t18-,24+/m0/s1. The van der Waals surface area contributed by atoms with Crippen LogP contribution >= 0.6 is 0 Å². The molecule has 4 rings (SSSR count). The number of para-hydroxylation sites is 2. The molecule has 0 unspecified atom stereocenters. The molecule has 0 saturated heterocycles. The van der Waals surface area contributed by atoms with Crippen LogP contribution in [-0.4, -0.2) is 22.8 Å². The Morgan fingerprint density at radius 2 is 1.67 bits per heavy atom. The summed E-state index contributed by atoms with van der Waals surface area (Å²) in [6.45, 7) is 5.50. The average Bonchev–Trinajstić information content (AvgIpc) is 2.74. The molecule has 3 aromatic rings. The summed E-state index contributed by atoms with van der Waals surface area (Å²) in [5, 5.41) is 0. The Morgan fingerprint density at radius 3 is 2.37 bits per heavy atom. The highest BCUT2D eigenvalue weighted by Crippen LogP contribution is 2.42. The van der Waals surface area contributed by atoms with Crippen molar-refractivity contribution in [3.05, 3.63) is 89.7 Å². The number of hydrogen-bond acceptors (Lipinski definition) is 3. The Hall–Kier alpha value is -3.47. The van der Waals surface area contributed by atoms with E-state index in [0.717, 1.165) is 22.6 Å². The lowest BCUT2D eigenvalue weighted by atomic mass is 9.89. The highest BCUT2D eigenvalue weighted by molar-refractivity contribution is 6.06. The third-order valence-corrected chi connectivity index (χ3v) is 5.57. The van der Waals surface area contributed by atoms with Crippen LogP contribution in [0.4, 0.5) is 11.4 Å². The molecule has 0 saturated carbocycles. The second-order valence-corrected chi connectivity index (χ2v) is 7.72. The average molecular weight is 399 g/mol. The minimum Gasteiger partial charge on any atom is -0.305 e. The number of fused-ring (bicyclic) bond motifs is 1. The molecular formula is C25H25N3O2. The Balaban J connectivity index is 1.79. The fraction of sp³-hybridized carbons (Fsp3) is 0.240. The van der Waals surface area contributed by atoms with Crippen molar-refractivity contribution >= 4 is 23.2 Å². The van der Waals surface area contributed by atoms with Gasteiger partial charge in [0.05, 0.1) is 6.04 Å². The lowest BCUT2D eigenvalue weighted by Crippen LogP contribution is -2.47. The molecule has 0 spiro atoms. The van der Waals surface area contributed by atoms with Crippen molar-refractivity contribution < 1.29 is 9.59 Å². The van der Waals surface area contributed by atoms with E-state index in [0.29, 0.717) is 12.1 Å². The van der Waals surface area contributed by atoms with E-state index in [1.807, 2.05) is 90.4 Å². The van der Waals surface area contributed by atoms with Gasteiger partial charge in [-0.25, -0.2) is 4.98 Å². The number of aryl methyl sites for hydroxylation is 1. The van der Waals surface area contributed by atoms with Crippen LogP contribution in [0.15, 0.2) is 72.8 Å². The van der Waals surface area contributed by atoms with Gasteiger partial charge in [0.2, 0.25) is 5.91 Å². The molecule has 1 aliphatic rings. The van der Waals surface area contributed by atoms with Crippen LogP contribution < -0.4 is 9.80 Å². The van der Waals surface area contributed by atoms with Crippen LogP contribution in [0.5, 0.6) is 0 Å². The highest BCUT2D eigenvalue weighted by Gasteiger charge is 2.38. The van der Waals surface area contributed by atoms with Gasteiger partial charge in [0.25, 0.3) is 5.91 Å². The van der Waals surface area contributed by atoms with Gasteiger partial charge in [-0.05, 0) is 56.2 Å². The van der Waals surface area contributed by atoms with Crippen LogP contribution in [0, 0.1) is 6.92 Å². The van der Waals surface area contributed by atoms with Gasteiger partial charge in [0.15, 0.2) is 0 Å². The van der Waals surface area contributed by atoms with Gasteiger partial charge in [-0.1, -0.05) is 42.5 Å². The molecule has 0 fully saturated rings. The SMILES string of the molecule is CC(=O)N(c1ccccc1)[C@@H]1C[C@H](C)N(C(=O)c2cccc(C)n2)c2ccccc21. The molecule has 0 aliphatic carbocycles. The maximum absolute atomic E-state index is 13.4. The maximum atomic E-state index is 13.4. The maximum Gasteiger partial charge on any atom is 0.277 e. The lowest BCUT2D eigenvalue weighted by Gasteiger charge is -2.43. The fourth-order valence-electron chi connectivity index (χ4n) is 4.29. The second kappa shape index (κ2) is 8.11. The van der Waals surface area contributed by atoms with Gasteiger partial charge >= 0.3 is 0 Å². The first-order valence-electron chi connectivity index (χ1n) is 10.2. The van der Waals surface area contributed by atoms with E-state index in [-0.39, 0.29) is 23.9 Å². The van der Waals surface area contributed by atoms with Crippen molar-refractivity contribution in [1.29, 1.82) is 0 Å². The Morgan fingerprint density at radius 1 is 0.967 bits per heavy atom. The molecule has 5 heteroatoms. The Labute approximate surface area is 177 Å². The van der Waals surface area contributed by atoms with Gasteiger partial charge in [0, 0.05) is 30.0 Å². The highest BCUT2D eigenvalue weighted by atomic mass is 16.2. The molecule has 0 N–H and O–H groups in total. The summed E-state index contributed by atoms with van der Waals surface area (Å²) < 4.78 is 0. The molecule has 2 amide bonds. The number of amides is 2. The molecule has 1 aliphatic heterocycles. The first-order chi connectivity index (χ1) is 14.5. The summed E-state index contributed by atoms with van der Waals surface area (Å²) in [4.78, 5) is 34.1. The zero-order chi connectivity index (χ0) is 21.3. The van der Waals surface area contributed by atoms with Crippen molar-refractivity contribution in [2.75, 3.05) is 9.80 Å². The minimum atomic E-state index is -0.148.